The highest BCUT2D eigenvalue weighted by atomic mass is 79.9. The Bertz CT molecular complexity index is 449. The summed E-state index contributed by atoms with van der Waals surface area (Å²) in [6, 6.07) is 2.53. The summed E-state index contributed by atoms with van der Waals surface area (Å²) in [6.07, 6.45) is 5.76. The van der Waals surface area contributed by atoms with Crippen LogP contribution >= 0.6 is 15.9 Å². The van der Waals surface area contributed by atoms with Crippen LogP contribution < -0.4 is 10.6 Å². The molecular weight excluding hydrogens is 290 g/mol. The first-order valence-corrected chi connectivity index (χ1v) is 7.57. The Labute approximate surface area is 117 Å². The van der Waals surface area contributed by atoms with Crippen molar-refractivity contribution in [2.24, 2.45) is 17.6 Å². The molecule has 1 aromatic rings. The quantitative estimate of drug-likeness (QED) is 0.867. The van der Waals surface area contributed by atoms with Crippen LogP contribution in [0, 0.1) is 18.8 Å². The van der Waals surface area contributed by atoms with E-state index < -0.39 is 0 Å². The minimum absolute atomic E-state index is 0.387. The summed E-state index contributed by atoms with van der Waals surface area (Å²) in [6.45, 7) is 4.26. The Morgan fingerprint density at radius 1 is 1.39 bits per heavy atom. The lowest BCUT2D eigenvalue weighted by atomic mass is 9.78. The van der Waals surface area contributed by atoms with E-state index in [1.807, 2.05) is 6.20 Å². The van der Waals surface area contributed by atoms with Crippen LogP contribution in [0.2, 0.25) is 0 Å². The Hall–Kier alpha value is -0.610. The second kappa shape index (κ2) is 4.82. The van der Waals surface area contributed by atoms with Gasteiger partial charge in [0.05, 0.1) is 4.47 Å². The summed E-state index contributed by atoms with van der Waals surface area (Å²) < 4.78 is 1.11. The predicted octanol–water partition coefficient (Wildman–Crippen LogP) is 2.72. The molecule has 0 amide bonds. The summed E-state index contributed by atoms with van der Waals surface area (Å²) in [7, 11) is 0. The molecular formula is C14H20BrN3. The molecule has 3 rings (SSSR count). The van der Waals surface area contributed by atoms with Crippen LogP contribution in [0.15, 0.2) is 16.7 Å². The third-order valence-electron chi connectivity index (χ3n) is 4.41. The lowest BCUT2D eigenvalue weighted by Crippen LogP contribution is -2.38. The third-order valence-corrected chi connectivity index (χ3v) is 5.00. The first-order chi connectivity index (χ1) is 8.65. The van der Waals surface area contributed by atoms with E-state index in [1.54, 1.807) is 0 Å². The molecule has 3 atom stereocenters. The predicted molar refractivity (Wildman–Crippen MR) is 77.7 cm³/mol. The van der Waals surface area contributed by atoms with E-state index in [0.717, 1.165) is 29.3 Å². The molecule has 98 valence electrons. The van der Waals surface area contributed by atoms with Gasteiger partial charge in [-0.1, -0.05) is 6.42 Å². The van der Waals surface area contributed by atoms with Crippen LogP contribution in [-0.2, 0) is 0 Å². The molecule has 2 fully saturated rings. The molecule has 2 heterocycles. The van der Waals surface area contributed by atoms with Gasteiger partial charge in [0.25, 0.3) is 0 Å². The summed E-state index contributed by atoms with van der Waals surface area (Å²) in [5.41, 5.74) is 7.46. The number of anilines is 1. The monoisotopic (exact) mass is 309 g/mol. The number of aryl methyl sites for hydroxylation is 1. The minimum Gasteiger partial charge on any atom is -0.355 e. The van der Waals surface area contributed by atoms with Gasteiger partial charge in [-0.2, -0.15) is 0 Å². The maximum Gasteiger partial charge on any atom is 0.142 e. The van der Waals surface area contributed by atoms with Crippen LogP contribution in [0.1, 0.15) is 24.8 Å². The maximum atomic E-state index is 6.26. The van der Waals surface area contributed by atoms with Gasteiger partial charge in [-0.3, -0.25) is 0 Å². The molecule has 2 aliphatic rings. The van der Waals surface area contributed by atoms with Crippen LogP contribution in [0.3, 0.4) is 0 Å². The number of nitrogens with two attached hydrogens (primary N) is 1. The van der Waals surface area contributed by atoms with Crippen molar-refractivity contribution in [3.63, 3.8) is 0 Å². The zero-order chi connectivity index (χ0) is 12.7. The fourth-order valence-electron chi connectivity index (χ4n) is 3.45. The lowest BCUT2D eigenvalue weighted by Gasteiger charge is -2.29. The minimum atomic E-state index is 0.387. The first kappa shape index (κ1) is 12.4. The Kier molecular flexibility index (Phi) is 3.32. The van der Waals surface area contributed by atoms with Crippen LogP contribution in [0.4, 0.5) is 5.82 Å². The van der Waals surface area contributed by atoms with Gasteiger partial charge in [0, 0.05) is 25.3 Å². The lowest BCUT2D eigenvalue weighted by molar-refractivity contribution is 0.260. The molecule has 18 heavy (non-hydrogen) atoms. The SMILES string of the molecule is Cc1cnc(N2CC3CCCC(N)C3C2)c(Br)c1. The summed E-state index contributed by atoms with van der Waals surface area (Å²) in [5.74, 6) is 2.51. The number of hydrogen-bond donors (Lipinski definition) is 1. The molecule has 3 nitrogen and oxygen atoms in total. The van der Waals surface area contributed by atoms with Gasteiger partial charge < -0.3 is 10.6 Å². The van der Waals surface area contributed by atoms with Crippen molar-refractivity contribution in [2.45, 2.75) is 32.2 Å². The fraction of sp³-hybridized carbons (Fsp3) is 0.643. The van der Waals surface area contributed by atoms with Gasteiger partial charge in [0.1, 0.15) is 5.82 Å². The Morgan fingerprint density at radius 2 is 2.22 bits per heavy atom. The van der Waals surface area contributed by atoms with E-state index in [4.69, 9.17) is 5.73 Å². The average Bonchev–Trinajstić information content (AvgIpc) is 2.74. The van der Waals surface area contributed by atoms with Gasteiger partial charge in [-0.15, -0.1) is 0 Å². The van der Waals surface area contributed by atoms with Gasteiger partial charge in [-0.25, -0.2) is 4.98 Å². The topological polar surface area (TPSA) is 42.2 Å². The number of halogens is 1. The number of pyridine rings is 1. The summed E-state index contributed by atoms with van der Waals surface area (Å²) >= 11 is 3.64. The summed E-state index contributed by atoms with van der Waals surface area (Å²) in [4.78, 5) is 6.99. The zero-order valence-electron chi connectivity index (χ0n) is 10.8. The molecule has 0 aromatic carbocycles. The van der Waals surface area contributed by atoms with E-state index in [2.05, 4.69) is 38.8 Å². The molecule has 4 heteroatoms. The highest BCUT2D eigenvalue weighted by Gasteiger charge is 2.39. The van der Waals surface area contributed by atoms with Crippen molar-refractivity contribution in [2.75, 3.05) is 18.0 Å². The van der Waals surface area contributed by atoms with E-state index in [0.29, 0.717) is 12.0 Å². The molecule has 0 bridgehead atoms. The second-order valence-corrected chi connectivity index (χ2v) is 6.60. The number of fused-ring (bicyclic) bond motifs is 1. The van der Waals surface area contributed by atoms with E-state index in [1.165, 1.54) is 24.8 Å². The third kappa shape index (κ3) is 2.16. The highest BCUT2D eigenvalue weighted by molar-refractivity contribution is 9.10. The number of hydrogen-bond acceptors (Lipinski definition) is 3. The molecule has 1 saturated heterocycles. The fourth-order valence-corrected chi connectivity index (χ4v) is 4.16. The van der Waals surface area contributed by atoms with Crippen molar-refractivity contribution >= 4 is 21.7 Å². The standard InChI is InChI=1S/C14H20BrN3/c1-9-5-12(15)14(17-6-9)18-7-10-3-2-4-13(16)11(10)8-18/h5-6,10-11,13H,2-4,7-8,16H2,1H3. The van der Waals surface area contributed by atoms with E-state index in [9.17, 15) is 0 Å². The van der Waals surface area contributed by atoms with Crippen molar-refractivity contribution in [3.05, 3.63) is 22.3 Å². The Balaban J connectivity index is 1.82. The van der Waals surface area contributed by atoms with E-state index >= 15 is 0 Å². The Morgan fingerprint density at radius 3 is 2.94 bits per heavy atom. The second-order valence-electron chi connectivity index (χ2n) is 5.74. The van der Waals surface area contributed by atoms with Crippen molar-refractivity contribution < 1.29 is 0 Å². The molecule has 0 spiro atoms. The zero-order valence-corrected chi connectivity index (χ0v) is 12.4. The van der Waals surface area contributed by atoms with E-state index in [-0.39, 0.29) is 0 Å². The molecule has 1 aliphatic heterocycles. The van der Waals surface area contributed by atoms with Crippen LogP contribution in [-0.4, -0.2) is 24.1 Å². The van der Waals surface area contributed by atoms with Gasteiger partial charge in [0.2, 0.25) is 0 Å². The average molecular weight is 310 g/mol. The normalized spacial score (nSPS) is 31.5. The van der Waals surface area contributed by atoms with Gasteiger partial charge >= 0.3 is 0 Å². The number of aromatic nitrogens is 1. The largest absolute Gasteiger partial charge is 0.355 e. The van der Waals surface area contributed by atoms with Gasteiger partial charge in [0.15, 0.2) is 0 Å². The molecule has 1 aromatic heterocycles. The number of rotatable bonds is 1. The maximum absolute atomic E-state index is 6.26. The molecule has 2 N–H and O–H groups in total. The molecule has 1 saturated carbocycles. The first-order valence-electron chi connectivity index (χ1n) is 6.78. The van der Waals surface area contributed by atoms with Crippen molar-refractivity contribution in [3.8, 4) is 0 Å². The summed E-state index contributed by atoms with van der Waals surface area (Å²) in [5, 5.41) is 0. The van der Waals surface area contributed by atoms with Crippen LogP contribution in [0.5, 0.6) is 0 Å². The molecule has 0 radical (unpaired) electrons. The molecule has 1 aliphatic carbocycles. The van der Waals surface area contributed by atoms with Gasteiger partial charge in [-0.05, 0) is 59.2 Å². The highest BCUT2D eigenvalue weighted by Crippen LogP contribution is 2.38. The number of nitrogens with zero attached hydrogens (tertiary/aromatic N) is 2. The van der Waals surface area contributed by atoms with Crippen molar-refractivity contribution in [1.82, 2.24) is 4.98 Å². The molecule has 3 unspecified atom stereocenters. The van der Waals surface area contributed by atoms with Crippen LogP contribution in [0.25, 0.3) is 0 Å². The van der Waals surface area contributed by atoms with Crippen molar-refractivity contribution in [1.29, 1.82) is 0 Å². The smallest absolute Gasteiger partial charge is 0.142 e.